The van der Waals surface area contributed by atoms with Gasteiger partial charge in [0.2, 0.25) is 0 Å². The van der Waals surface area contributed by atoms with Gasteiger partial charge in [-0.1, -0.05) is 77.8 Å². The molecule has 1 N–H and O–H groups in total. The van der Waals surface area contributed by atoms with Crippen molar-refractivity contribution in [1.29, 1.82) is 0 Å². The number of benzene rings is 1. The molecule has 0 aliphatic heterocycles. The Morgan fingerprint density at radius 3 is 2.26 bits per heavy atom. The van der Waals surface area contributed by atoms with Gasteiger partial charge in [-0.05, 0) is 154 Å². The molecule has 0 spiro atoms. The topological polar surface area (TPSA) is 83.9 Å². The van der Waals surface area contributed by atoms with Crippen molar-refractivity contribution in [3.8, 4) is 0 Å². The molecule has 0 radical (unpaired) electrons. The van der Waals surface area contributed by atoms with Crippen LogP contribution in [-0.4, -0.2) is 47.4 Å². The lowest BCUT2D eigenvalue weighted by Gasteiger charge is -2.71. The van der Waals surface area contributed by atoms with Crippen molar-refractivity contribution in [2.45, 2.75) is 146 Å². The molecule has 4 saturated carbocycles. The monoisotopic (exact) mass is 749 g/mol. The van der Waals surface area contributed by atoms with Gasteiger partial charge in [0.25, 0.3) is 0 Å². The van der Waals surface area contributed by atoms with E-state index in [-0.39, 0.29) is 52.0 Å². The fourth-order valence-corrected chi connectivity index (χ4v) is 13.5. The predicted molar refractivity (Wildman–Crippen MR) is 212 cm³/mol. The van der Waals surface area contributed by atoms with E-state index in [0.29, 0.717) is 35.9 Å². The molecular weight excluding hydrogens is 682 g/mol. The molecular formula is C46H68ClNO5. The van der Waals surface area contributed by atoms with E-state index >= 15 is 0 Å². The lowest BCUT2D eigenvalue weighted by atomic mass is 9.33. The minimum atomic E-state index is -1.14. The molecule has 0 saturated heterocycles. The zero-order valence-corrected chi connectivity index (χ0v) is 35.2. The molecule has 0 aromatic heterocycles. The Balaban J connectivity index is 1.26. The van der Waals surface area contributed by atoms with Gasteiger partial charge in [-0.2, -0.15) is 0 Å². The molecule has 53 heavy (non-hydrogen) atoms. The molecule has 294 valence electrons. The highest BCUT2D eigenvalue weighted by molar-refractivity contribution is 6.30. The van der Waals surface area contributed by atoms with Crippen LogP contribution < -0.4 is 0 Å². The van der Waals surface area contributed by atoms with E-state index in [2.05, 4.69) is 72.5 Å². The second kappa shape index (κ2) is 14.4. The van der Waals surface area contributed by atoms with E-state index in [9.17, 15) is 19.5 Å². The number of ketones is 1. The molecule has 0 bridgehead atoms. The maximum Gasteiger partial charge on any atom is 0.309 e. The first-order chi connectivity index (χ1) is 24.7. The van der Waals surface area contributed by atoms with Crippen molar-refractivity contribution in [3.63, 3.8) is 0 Å². The molecule has 4 fully saturated rings. The Kier molecular flexibility index (Phi) is 11.0. The molecule has 2 unspecified atom stereocenters. The van der Waals surface area contributed by atoms with E-state index in [1.165, 1.54) is 18.4 Å². The Labute approximate surface area is 325 Å². The van der Waals surface area contributed by atoms with Gasteiger partial charge < -0.3 is 14.7 Å². The number of nitrogens with zero attached hydrogens (tertiary/aromatic N) is 1. The summed E-state index contributed by atoms with van der Waals surface area (Å²) in [6, 6.07) is 8.17. The van der Waals surface area contributed by atoms with E-state index in [1.54, 1.807) is 19.4 Å². The zero-order valence-electron chi connectivity index (χ0n) is 34.4. The normalized spacial score (nSPS) is 37.0. The summed E-state index contributed by atoms with van der Waals surface area (Å²) >= 11 is 6.17. The average Bonchev–Trinajstić information content (AvgIpc) is 3.37. The maximum absolute atomic E-state index is 14.1. The number of hydrogen-bond donors (Lipinski definition) is 1. The summed E-state index contributed by atoms with van der Waals surface area (Å²) < 4.78 is 6.24. The standard InChI is InChI=1S/C46H68ClNO5/c1-28(2)38-32-17-20-45(9)36(43(32,7)19-18-35(38)53-37(50)26-42(5,6)41(51)52)16-15-33-40-39(29(3)4)34(49)25-46(40,22-21-44(33,45)8)23-24-48(10)27-30-11-13-31(47)14-12-30/h11-14,28-29,32-33,35-36,38H,15-27H2,1-10H3,(H,51,52)/t32-,33?,35-,36+,38?,43-,44+,45+,46+/m0/s1. The van der Waals surface area contributed by atoms with Crippen molar-refractivity contribution in [2.24, 2.45) is 62.6 Å². The minimum absolute atomic E-state index is 0.0424. The summed E-state index contributed by atoms with van der Waals surface area (Å²) in [6.07, 6.45) is 10.2. The van der Waals surface area contributed by atoms with Crippen molar-refractivity contribution in [2.75, 3.05) is 13.6 Å². The Bertz CT molecular complexity index is 1610. The Morgan fingerprint density at radius 1 is 0.962 bits per heavy atom. The number of fused-ring (bicyclic) bond motifs is 7. The predicted octanol–water partition coefficient (Wildman–Crippen LogP) is 10.8. The summed E-state index contributed by atoms with van der Waals surface area (Å²) in [5.74, 6) is 1.35. The van der Waals surface area contributed by atoms with E-state index in [1.807, 2.05) is 12.1 Å². The average molecular weight is 751 g/mol. The third-order valence-corrected chi connectivity index (χ3v) is 16.6. The van der Waals surface area contributed by atoms with Gasteiger partial charge in [0, 0.05) is 29.3 Å². The first-order valence-electron chi connectivity index (χ1n) is 20.8. The van der Waals surface area contributed by atoms with Crippen molar-refractivity contribution >= 4 is 29.3 Å². The van der Waals surface area contributed by atoms with Gasteiger partial charge in [-0.15, -0.1) is 0 Å². The van der Waals surface area contributed by atoms with Gasteiger partial charge in [-0.3, -0.25) is 14.4 Å². The second-order valence-corrected chi connectivity index (χ2v) is 20.8. The number of Topliss-reactive ketones (excluding diaryl/α,β-unsaturated/α-hetero) is 1. The number of allylic oxidation sites excluding steroid dienone is 2. The molecule has 1 aromatic carbocycles. The summed E-state index contributed by atoms with van der Waals surface area (Å²) in [4.78, 5) is 41.5. The third-order valence-electron chi connectivity index (χ3n) is 16.3. The molecule has 0 amide bonds. The van der Waals surface area contributed by atoms with Crippen LogP contribution in [0.25, 0.3) is 0 Å². The van der Waals surface area contributed by atoms with E-state index in [4.69, 9.17) is 16.3 Å². The molecule has 5 aliphatic rings. The molecule has 6 rings (SSSR count). The van der Waals surface area contributed by atoms with Crippen LogP contribution in [0.15, 0.2) is 35.4 Å². The highest BCUT2D eigenvalue weighted by atomic mass is 35.5. The quantitative estimate of drug-likeness (QED) is 0.227. The molecule has 6 nitrogen and oxygen atoms in total. The first kappa shape index (κ1) is 40.5. The zero-order chi connectivity index (χ0) is 38.9. The van der Waals surface area contributed by atoms with Crippen molar-refractivity contribution < 1.29 is 24.2 Å². The Morgan fingerprint density at radius 2 is 1.64 bits per heavy atom. The lowest BCUT2D eigenvalue weighted by Crippen LogP contribution is -2.64. The fraction of sp³-hybridized carbons (Fsp3) is 0.761. The van der Waals surface area contributed by atoms with E-state index in [0.717, 1.165) is 68.6 Å². The highest BCUT2D eigenvalue weighted by Gasteiger charge is 2.69. The summed E-state index contributed by atoms with van der Waals surface area (Å²) in [6.45, 7) is 21.9. The number of esters is 1. The van der Waals surface area contributed by atoms with Gasteiger partial charge >= 0.3 is 11.9 Å². The van der Waals surface area contributed by atoms with Crippen LogP contribution in [0, 0.1) is 62.6 Å². The van der Waals surface area contributed by atoms with Gasteiger partial charge in [0.1, 0.15) is 6.10 Å². The number of rotatable bonds is 11. The van der Waals surface area contributed by atoms with Crippen LogP contribution in [0.1, 0.15) is 139 Å². The van der Waals surface area contributed by atoms with Gasteiger partial charge in [-0.25, -0.2) is 0 Å². The lowest BCUT2D eigenvalue weighted by molar-refractivity contribution is -0.222. The number of hydrogen-bond acceptors (Lipinski definition) is 5. The van der Waals surface area contributed by atoms with Crippen molar-refractivity contribution in [3.05, 3.63) is 46.0 Å². The minimum Gasteiger partial charge on any atom is -0.481 e. The number of carbonyl (C=O) groups excluding carboxylic acids is 2. The van der Waals surface area contributed by atoms with Crippen LogP contribution >= 0.6 is 11.6 Å². The number of aliphatic carboxylic acids is 1. The second-order valence-electron chi connectivity index (χ2n) is 20.4. The molecule has 7 heteroatoms. The van der Waals surface area contributed by atoms with Crippen LogP contribution in [0.5, 0.6) is 0 Å². The SMILES string of the molecule is CC(C)C1=C2C3CC[C@@H]4[C@@]5(C)CC[C@H](OC(=O)CC(C)(C)C(=O)O)C(C(C)C)[C@@H]5CC[C@@]4(C)[C@]3(C)CC[C@@]2(CCN(C)Cc2ccc(Cl)cc2)CC1=O. The first-order valence-corrected chi connectivity index (χ1v) is 21.2. The van der Waals surface area contributed by atoms with Crippen LogP contribution in [0.3, 0.4) is 0 Å². The van der Waals surface area contributed by atoms with Gasteiger partial charge in [0.15, 0.2) is 5.78 Å². The smallest absolute Gasteiger partial charge is 0.309 e. The maximum atomic E-state index is 14.1. The number of carboxylic acids is 1. The number of halogens is 1. The summed E-state index contributed by atoms with van der Waals surface area (Å²) in [5, 5.41) is 10.4. The number of ether oxygens (including phenoxy) is 1. The van der Waals surface area contributed by atoms with Crippen molar-refractivity contribution in [1.82, 2.24) is 4.90 Å². The Hall–Kier alpha value is -2.18. The number of carboxylic acid groups (broad SMARTS) is 1. The molecule has 0 heterocycles. The molecule has 9 atom stereocenters. The van der Waals surface area contributed by atoms with Crippen LogP contribution in [-0.2, 0) is 25.7 Å². The molecule has 1 aromatic rings. The summed E-state index contributed by atoms with van der Waals surface area (Å²) in [5.41, 5.74) is 3.19. The molecule has 5 aliphatic carbocycles. The van der Waals surface area contributed by atoms with Gasteiger partial charge in [0.05, 0.1) is 11.8 Å². The number of carbonyl (C=O) groups is 3. The highest BCUT2D eigenvalue weighted by Crippen LogP contribution is 2.76. The fourth-order valence-electron chi connectivity index (χ4n) is 13.4. The summed E-state index contributed by atoms with van der Waals surface area (Å²) in [7, 11) is 2.21. The van der Waals surface area contributed by atoms with E-state index < -0.39 is 11.4 Å². The van der Waals surface area contributed by atoms with Crippen LogP contribution in [0.4, 0.5) is 0 Å². The largest absolute Gasteiger partial charge is 0.481 e. The van der Waals surface area contributed by atoms with Crippen LogP contribution in [0.2, 0.25) is 5.02 Å². The third kappa shape index (κ3) is 6.87.